The number of anilines is 1. The third-order valence-electron chi connectivity index (χ3n) is 5.25. The Balaban J connectivity index is 1.70. The topological polar surface area (TPSA) is 47.5 Å². The maximum absolute atomic E-state index is 6.03. The molecule has 0 atom stereocenters. The molecular weight excluding hydrogens is 277 g/mol. The van der Waals surface area contributed by atoms with Gasteiger partial charge in [-0.15, -0.1) is 0 Å². The average Bonchev–Trinajstić information content (AvgIpc) is 2.68. The molecule has 0 unspecified atom stereocenters. The Kier molecular flexibility index (Phi) is 3.93. The molecule has 5 nitrogen and oxygen atoms in total. The molecule has 1 aromatic heterocycles. The van der Waals surface area contributed by atoms with Crippen LogP contribution < -0.4 is 10.4 Å². The number of hydrogen-bond donors (Lipinski definition) is 0. The van der Waals surface area contributed by atoms with Crippen molar-refractivity contribution in [1.29, 1.82) is 0 Å². The predicted molar refractivity (Wildman–Crippen MR) is 88.4 cm³/mol. The van der Waals surface area contributed by atoms with Crippen molar-refractivity contribution in [2.75, 3.05) is 18.0 Å². The fourth-order valence-electron chi connectivity index (χ4n) is 2.80. The second-order valence-electron chi connectivity index (χ2n) is 7.57. The molecule has 6 heteroatoms. The molecule has 0 N–H and O–H groups in total. The van der Waals surface area contributed by atoms with E-state index in [4.69, 9.17) is 9.31 Å². The lowest BCUT2D eigenvalue weighted by atomic mass is 9.81. The number of hydrogen-bond acceptors (Lipinski definition) is 5. The molecule has 2 fully saturated rings. The molecule has 0 aliphatic carbocycles. The summed E-state index contributed by atoms with van der Waals surface area (Å²) in [5.41, 5.74) is 0.214. The minimum atomic E-state index is -0.388. The largest absolute Gasteiger partial charge is 0.498 e. The van der Waals surface area contributed by atoms with Gasteiger partial charge < -0.3 is 14.2 Å². The fourth-order valence-corrected chi connectivity index (χ4v) is 2.80. The van der Waals surface area contributed by atoms with Crippen molar-refractivity contribution in [3.63, 3.8) is 0 Å². The highest BCUT2D eigenvalue weighted by Gasteiger charge is 2.51. The summed E-state index contributed by atoms with van der Waals surface area (Å²) >= 11 is 0. The molecule has 2 aliphatic rings. The first-order valence-electron chi connectivity index (χ1n) is 8.21. The van der Waals surface area contributed by atoms with Crippen LogP contribution in [-0.4, -0.2) is 41.4 Å². The van der Waals surface area contributed by atoms with E-state index >= 15 is 0 Å². The van der Waals surface area contributed by atoms with Crippen molar-refractivity contribution in [2.45, 2.75) is 58.7 Å². The van der Waals surface area contributed by atoms with E-state index in [1.165, 1.54) is 12.8 Å². The monoisotopic (exact) mass is 303 g/mol. The maximum Gasteiger partial charge on any atom is 0.498 e. The molecular formula is C16H26BN3O2. The van der Waals surface area contributed by atoms with Gasteiger partial charge in [0.25, 0.3) is 0 Å². The summed E-state index contributed by atoms with van der Waals surface area (Å²) < 4.78 is 12.1. The van der Waals surface area contributed by atoms with Crippen LogP contribution in [0.5, 0.6) is 0 Å². The first kappa shape index (κ1) is 15.7. The molecule has 3 heterocycles. The molecule has 2 aliphatic heterocycles. The van der Waals surface area contributed by atoms with E-state index in [0.717, 1.165) is 30.4 Å². The number of piperidine rings is 1. The van der Waals surface area contributed by atoms with Gasteiger partial charge in [-0.2, -0.15) is 0 Å². The minimum absolute atomic E-state index is 0.334. The quantitative estimate of drug-likeness (QED) is 0.782. The van der Waals surface area contributed by atoms with Gasteiger partial charge in [-0.05, 0) is 46.5 Å². The predicted octanol–water partition coefficient (Wildman–Crippen LogP) is 2.01. The maximum atomic E-state index is 6.03. The average molecular weight is 303 g/mol. The van der Waals surface area contributed by atoms with Gasteiger partial charge in [-0.3, -0.25) is 0 Å². The van der Waals surface area contributed by atoms with Crippen molar-refractivity contribution in [3.05, 3.63) is 12.4 Å². The molecule has 0 bridgehead atoms. The van der Waals surface area contributed by atoms with Gasteiger partial charge in [-0.1, -0.05) is 6.92 Å². The third kappa shape index (κ3) is 2.86. The summed E-state index contributed by atoms with van der Waals surface area (Å²) in [6.07, 6.45) is 6.09. The fraction of sp³-hybridized carbons (Fsp3) is 0.750. The third-order valence-corrected chi connectivity index (χ3v) is 5.25. The van der Waals surface area contributed by atoms with E-state index in [1.54, 1.807) is 0 Å². The van der Waals surface area contributed by atoms with E-state index in [0.29, 0.717) is 0 Å². The van der Waals surface area contributed by atoms with Crippen LogP contribution in [0.4, 0.5) is 5.95 Å². The van der Waals surface area contributed by atoms with E-state index in [1.807, 2.05) is 12.4 Å². The Labute approximate surface area is 133 Å². The SMILES string of the molecule is CC1CCN(c2ncc(B3OC(C)(C)C(C)(C)O3)cn2)CC1. The Hall–Kier alpha value is -1.14. The highest BCUT2D eigenvalue weighted by Crippen LogP contribution is 2.36. The number of nitrogens with zero attached hydrogens (tertiary/aromatic N) is 3. The van der Waals surface area contributed by atoms with Gasteiger partial charge in [0.05, 0.1) is 11.2 Å². The number of rotatable bonds is 2. The summed E-state index contributed by atoms with van der Waals surface area (Å²) in [6, 6.07) is 0. The van der Waals surface area contributed by atoms with Gasteiger partial charge in [0, 0.05) is 30.9 Å². The summed E-state index contributed by atoms with van der Waals surface area (Å²) in [5, 5.41) is 0. The normalized spacial score (nSPS) is 24.8. The molecule has 0 radical (unpaired) electrons. The molecule has 22 heavy (non-hydrogen) atoms. The Bertz CT molecular complexity index is 509. The van der Waals surface area contributed by atoms with Crippen LogP contribution >= 0.6 is 0 Å². The van der Waals surface area contributed by atoms with Crippen LogP contribution in [-0.2, 0) is 9.31 Å². The lowest BCUT2D eigenvalue weighted by molar-refractivity contribution is 0.00578. The molecule has 0 spiro atoms. The Morgan fingerprint density at radius 3 is 2.05 bits per heavy atom. The first-order chi connectivity index (χ1) is 10.3. The second kappa shape index (κ2) is 5.50. The van der Waals surface area contributed by atoms with Crippen molar-refractivity contribution >= 4 is 18.5 Å². The standard InChI is InChI=1S/C16H26BN3O2/c1-12-6-8-20(9-7-12)14-18-10-13(11-19-14)17-21-15(2,3)16(4,5)22-17/h10-12H,6-9H2,1-5H3. The Morgan fingerprint density at radius 1 is 1.05 bits per heavy atom. The van der Waals surface area contributed by atoms with Gasteiger partial charge in [0.2, 0.25) is 5.95 Å². The van der Waals surface area contributed by atoms with Crippen LogP contribution in [0.2, 0.25) is 0 Å². The minimum Gasteiger partial charge on any atom is -0.399 e. The molecule has 0 saturated carbocycles. The lowest BCUT2D eigenvalue weighted by Crippen LogP contribution is -2.41. The molecule has 1 aromatic rings. The summed E-state index contributed by atoms with van der Waals surface area (Å²) in [4.78, 5) is 11.3. The van der Waals surface area contributed by atoms with Gasteiger partial charge in [-0.25, -0.2) is 9.97 Å². The van der Waals surface area contributed by atoms with Crippen LogP contribution in [0, 0.1) is 5.92 Å². The van der Waals surface area contributed by atoms with Crippen LogP contribution in [0.15, 0.2) is 12.4 Å². The molecule has 0 amide bonds. The zero-order valence-electron chi connectivity index (χ0n) is 14.3. The van der Waals surface area contributed by atoms with Crippen LogP contribution in [0.25, 0.3) is 0 Å². The highest BCUT2D eigenvalue weighted by atomic mass is 16.7. The van der Waals surface area contributed by atoms with Gasteiger partial charge in [0.1, 0.15) is 0 Å². The lowest BCUT2D eigenvalue weighted by Gasteiger charge is -2.32. The second-order valence-corrected chi connectivity index (χ2v) is 7.57. The van der Waals surface area contributed by atoms with E-state index in [9.17, 15) is 0 Å². The number of aromatic nitrogens is 2. The van der Waals surface area contributed by atoms with Crippen molar-refractivity contribution in [1.82, 2.24) is 9.97 Å². The van der Waals surface area contributed by atoms with Gasteiger partial charge >= 0.3 is 7.12 Å². The molecule has 2 saturated heterocycles. The molecule has 3 rings (SSSR count). The summed E-state index contributed by atoms with van der Waals surface area (Å²) in [5.74, 6) is 1.62. The Morgan fingerprint density at radius 2 is 1.55 bits per heavy atom. The van der Waals surface area contributed by atoms with E-state index in [-0.39, 0.29) is 18.3 Å². The van der Waals surface area contributed by atoms with Crippen LogP contribution in [0.1, 0.15) is 47.5 Å². The van der Waals surface area contributed by atoms with Gasteiger partial charge in [0.15, 0.2) is 0 Å². The smallest absolute Gasteiger partial charge is 0.399 e. The van der Waals surface area contributed by atoms with Crippen molar-refractivity contribution < 1.29 is 9.31 Å². The van der Waals surface area contributed by atoms with Crippen LogP contribution in [0.3, 0.4) is 0 Å². The van der Waals surface area contributed by atoms with E-state index < -0.39 is 0 Å². The molecule has 120 valence electrons. The van der Waals surface area contributed by atoms with Crippen molar-refractivity contribution in [2.24, 2.45) is 5.92 Å². The summed E-state index contributed by atoms with van der Waals surface area (Å²) in [7, 11) is -0.388. The molecule has 0 aromatic carbocycles. The van der Waals surface area contributed by atoms with Crippen molar-refractivity contribution in [3.8, 4) is 0 Å². The zero-order valence-corrected chi connectivity index (χ0v) is 14.3. The van der Waals surface area contributed by atoms with E-state index in [2.05, 4.69) is 49.5 Å². The summed E-state index contributed by atoms with van der Waals surface area (Å²) in [6.45, 7) is 12.6. The first-order valence-corrected chi connectivity index (χ1v) is 8.21. The zero-order chi connectivity index (χ0) is 16.0. The highest BCUT2D eigenvalue weighted by molar-refractivity contribution is 6.61.